The fourth-order valence-electron chi connectivity index (χ4n) is 4.53. The number of aryl methyl sites for hydroxylation is 3. The van der Waals surface area contributed by atoms with Gasteiger partial charge in [-0.1, -0.05) is 53.0 Å². The van der Waals surface area contributed by atoms with Gasteiger partial charge in [-0.2, -0.15) is 0 Å². The van der Waals surface area contributed by atoms with Gasteiger partial charge in [0.2, 0.25) is 10.0 Å². The molecule has 1 aromatic heterocycles. The summed E-state index contributed by atoms with van der Waals surface area (Å²) in [5, 5.41) is 1.76. The smallest absolute Gasteiger partial charge is 0.240 e. The maximum Gasteiger partial charge on any atom is 0.240 e. The van der Waals surface area contributed by atoms with Gasteiger partial charge in [-0.3, -0.25) is 4.79 Å². The van der Waals surface area contributed by atoms with E-state index in [1.807, 2.05) is 50.2 Å². The van der Waals surface area contributed by atoms with Crippen LogP contribution in [0, 0.1) is 13.8 Å². The molecule has 8 nitrogen and oxygen atoms in total. The Kier molecular flexibility index (Phi) is 10.3. The number of carbonyl (C=O) groups excluding carboxylic acids is 1. The average Bonchev–Trinajstić information content (AvgIpc) is 3.29. The number of halogens is 3. The Morgan fingerprint density at radius 2 is 1.62 bits per heavy atom. The molecule has 0 unspecified atom stereocenters. The van der Waals surface area contributed by atoms with Crippen LogP contribution in [0.2, 0.25) is 15.1 Å². The fourth-order valence-corrected chi connectivity index (χ4v) is 7.29. The Labute approximate surface area is 260 Å². The number of aromatic amines is 1. The summed E-state index contributed by atoms with van der Waals surface area (Å²) in [7, 11) is -7.99. The van der Waals surface area contributed by atoms with E-state index in [1.165, 1.54) is 18.2 Å². The van der Waals surface area contributed by atoms with E-state index in [-0.39, 0.29) is 20.6 Å². The molecule has 1 heterocycles. The fraction of sp³-hybridized carbons (Fsp3) is 0.276. The van der Waals surface area contributed by atoms with Crippen LogP contribution in [0.1, 0.15) is 33.6 Å². The largest absolute Gasteiger partial charge is 0.494 e. The lowest BCUT2D eigenvalue weighted by atomic mass is 10.0. The van der Waals surface area contributed by atoms with Crippen LogP contribution < -0.4 is 9.46 Å². The van der Waals surface area contributed by atoms with Crippen LogP contribution in [-0.2, 0) is 26.3 Å². The van der Waals surface area contributed by atoms with E-state index in [0.29, 0.717) is 41.3 Å². The number of rotatable bonds is 13. The van der Waals surface area contributed by atoms with E-state index >= 15 is 0 Å². The molecule has 0 saturated carbocycles. The lowest BCUT2D eigenvalue weighted by molar-refractivity contribution is 0.101. The quantitative estimate of drug-likeness (QED) is 0.127. The van der Waals surface area contributed by atoms with E-state index in [0.717, 1.165) is 16.5 Å². The van der Waals surface area contributed by atoms with Crippen molar-refractivity contribution < 1.29 is 26.4 Å². The van der Waals surface area contributed by atoms with Gasteiger partial charge in [0.15, 0.2) is 15.6 Å². The second kappa shape index (κ2) is 13.4. The molecule has 2 N–H and O–H groups in total. The van der Waals surface area contributed by atoms with Crippen LogP contribution >= 0.6 is 34.8 Å². The summed E-state index contributed by atoms with van der Waals surface area (Å²) >= 11 is 18.0. The van der Waals surface area contributed by atoms with Gasteiger partial charge in [-0.05, 0) is 79.8 Å². The zero-order chi connectivity index (χ0) is 30.7. The second-order valence-electron chi connectivity index (χ2n) is 9.84. The Morgan fingerprint density at radius 1 is 0.929 bits per heavy atom. The number of nitrogens with one attached hydrogen (secondary N) is 2. The molecule has 0 amide bonds. The molecule has 42 heavy (non-hydrogen) atoms. The summed E-state index contributed by atoms with van der Waals surface area (Å²) in [4.78, 5) is 16.2. The molecule has 0 aliphatic rings. The van der Waals surface area contributed by atoms with Crippen molar-refractivity contribution in [3.8, 4) is 5.75 Å². The number of ketones is 1. The van der Waals surface area contributed by atoms with Gasteiger partial charge in [-0.15, -0.1) is 0 Å². The molecule has 224 valence electrons. The van der Waals surface area contributed by atoms with Crippen LogP contribution in [0.25, 0.3) is 10.9 Å². The molecule has 13 heteroatoms. The average molecular weight is 672 g/mol. The van der Waals surface area contributed by atoms with Crippen molar-refractivity contribution in [3.05, 3.63) is 92.0 Å². The van der Waals surface area contributed by atoms with Crippen molar-refractivity contribution in [3.63, 3.8) is 0 Å². The normalized spacial score (nSPS) is 12.1. The maximum absolute atomic E-state index is 13.2. The number of benzene rings is 3. The minimum absolute atomic E-state index is 0.0497. The highest BCUT2D eigenvalue weighted by Gasteiger charge is 2.24. The van der Waals surface area contributed by atoms with Gasteiger partial charge < -0.3 is 9.72 Å². The highest BCUT2D eigenvalue weighted by atomic mass is 35.5. The molecule has 0 aliphatic carbocycles. The summed E-state index contributed by atoms with van der Waals surface area (Å²) in [6, 6.07) is 14.9. The molecule has 0 bridgehead atoms. The highest BCUT2D eigenvalue weighted by molar-refractivity contribution is 7.92. The van der Waals surface area contributed by atoms with Crippen LogP contribution in [0.4, 0.5) is 0 Å². The topological polar surface area (TPSA) is 122 Å². The van der Waals surface area contributed by atoms with Gasteiger partial charge in [0, 0.05) is 22.5 Å². The van der Waals surface area contributed by atoms with Crippen LogP contribution in [-0.4, -0.2) is 52.3 Å². The van der Waals surface area contributed by atoms with E-state index in [9.17, 15) is 21.6 Å². The number of ether oxygens (including phenoxy) is 1. The van der Waals surface area contributed by atoms with Gasteiger partial charge >= 0.3 is 0 Å². The van der Waals surface area contributed by atoms with Gasteiger partial charge in [-0.25, -0.2) is 21.6 Å². The van der Waals surface area contributed by atoms with Gasteiger partial charge in [0.25, 0.3) is 0 Å². The third-order valence-electron chi connectivity index (χ3n) is 6.60. The first-order chi connectivity index (χ1) is 19.8. The van der Waals surface area contributed by atoms with Gasteiger partial charge in [0.05, 0.1) is 33.0 Å². The molecule has 4 rings (SSSR count). The summed E-state index contributed by atoms with van der Waals surface area (Å²) < 4.78 is 58.9. The monoisotopic (exact) mass is 670 g/mol. The zero-order valence-electron chi connectivity index (χ0n) is 22.8. The van der Waals surface area contributed by atoms with Crippen molar-refractivity contribution in [2.75, 3.05) is 24.7 Å². The van der Waals surface area contributed by atoms with E-state index in [2.05, 4.69) is 9.71 Å². The van der Waals surface area contributed by atoms with Crippen LogP contribution in [0.5, 0.6) is 5.75 Å². The molecule has 0 aliphatic heterocycles. The number of hydrogen-bond donors (Lipinski definition) is 2. The number of para-hydroxylation sites is 1. The number of fused-ring (bicyclic) bond motifs is 1. The van der Waals surface area contributed by atoms with E-state index < -0.39 is 43.7 Å². The molecule has 0 spiro atoms. The third-order valence-corrected chi connectivity index (χ3v) is 10.9. The maximum atomic E-state index is 13.2. The molecular formula is C29H29Cl3N2O6S2. The van der Waals surface area contributed by atoms with Gasteiger partial charge in [0.1, 0.15) is 11.5 Å². The summed E-state index contributed by atoms with van der Waals surface area (Å²) in [5.41, 5.74) is 3.47. The number of H-pyrrole nitrogens is 1. The Morgan fingerprint density at radius 3 is 2.31 bits per heavy atom. The molecular weight excluding hydrogens is 643 g/mol. The van der Waals surface area contributed by atoms with Crippen molar-refractivity contribution in [1.82, 2.24) is 9.71 Å². The SMILES string of the molecule is Cc1cc(OCCCc2c(C(=O)CS(=O)(=O)CCNS(=O)(=O)c3ccc(Cl)c(Cl)c3)[nH]c3ccccc23)cc(C)c1Cl. The van der Waals surface area contributed by atoms with Crippen LogP contribution in [0.15, 0.2) is 59.5 Å². The molecule has 0 radical (unpaired) electrons. The molecule has 0 atom stereocenters. The van der Waals surface area contributed by atoms with Crippen molar-refractivity contribution >= 4 is 71.3 Å². The molecule has 0 fully saturated rings. The predicted octanol–water partition coefficient (Wildman–Crippen LogP) is 6.33. The Hall–Kier alpha value is -2.60. The first-order valence-corrected chi connectivity index (χ1v) is 17.4. The van der Waals surface area contributed by atoms with Crippen molar-refractivity contribution in [2.24, 2.45) is 0 Å². The highest BCUT2D eigenvalue weighted by Crippen LogP contribution is 2.28. The Balaban J connectivity index is 1.41. The number of aromatic nitrogens is 1. The number of Topliss-reactive ketones (excluding diaryl/α,β-unsaturated/α-hetero) is 1. The number of sulfone groups is 1. The second-order valence-corrected chi connectivity index (χ2v) is 15.0. The van der Waals surface area contributed by atoms with Crippen LogP contribution in [0.3, 0.4) is 0 Å². The minimum Gasteiger partial charge on any atom is -0.494 e. The van der Waals surface area contributed by atoms with E-state index in [4.69, 9.17) is 39.5 Å². The molecule has 3 aromatic carbocycles. The first-order valence-electron chi connectivity index (χ1n) is 12.9. The predicted molar refractivity (Wildman–Crippen MR) is 168 cm³/mol. The summed E-state index contributed by atoms with van der Waals surface area (Å²) in [5.74, 6) is -1.24. The van der Waals surface area contributed by atoms with E-state index in [1.54, 1.807) is 0 Å². The van der Waals surface area contributed by atoms with Crippen molar-refractivity contribution in [2.45, 2.75) is 31.6 Å². The standard InChI is InChI=1S/C29H29Cl3N2O6S2/c1-18-14-20(15-19(2)28(18)32)40-12-5-7-23-22-6-3-4-8-26(22)34-29(23)27(35)17-41(36,37)13-11-33-42(38,39)21-9-10-24(30)25(31)16-21/h3-4,6,8-10,14-16,33-34H,5,7,11-13,17H2,1-2H3. The number of sulfonamides is 1. The summed E-state index contributed by atoms with van der Waals surface area (Å²) in [6.45, 7) is 3.78. The minimum atomic E-state index is -4.03. The lowest BCUT2D eigenvalue weighted by Crippen LogP contribution is -2.31. The lowest BCUT2D eigenvalue weighted by Gasteiger charge is -2.11. The summed E-state index contributed by atoms with van der Waals surface area (Å²) in [6.07, 6.45) is 1.05. The Bertz CT molecular complexity index is 1830. The number of hydrogen-bond acceptors (Lipinski definition) is 6. The molecule has 4 aromatic rings. The number of carbonyl (C=O) groups is 1. The molecule has 0 saturated heterocycles. The zero-order valence-corrected chi connectivity index (χ0v) is 26.7. The third kappa shape index (κ3) is 7.86. The first kappa shape index (κ1) is 32.3. The van der Waals surface area contributed by atoms with Crippen molar-refractivity contribution in [1.29, 1.82) is 0 Å².